The molecule has 1 rings (SSSR count). The minimum absolute atomic E-state index is 0.0532. The topological polar surface area (TPSA) is 52.3 Å². The molecule has 0 saturated carbocycles. The molecule has 0 aliphatic heterocycles. The lowest BCUT2D eigenvalue weighted by Gasteiger charge is -2.25. The largest absolute Gasteiger partial charge is 0.461 e. The van der Waals surface area contributed by atoms with Crippen LogP contribution in [0, 0.1) is 5.92 Å². The van der Waals surface area contributed by atoms with Gasteiger partial charge >= 0.3 is 5.97 Å². The van der Waals surface area contributed by atoms with Crippen molar-refractivity contribution in [3.05, 3.63) is 35.9 Å². The first-order valence-corrected chi connectivity index (χ1v) is 10.1. The van der Waals surface area contributed by atoms with E-state index in [1.54, 1.807) is 0 Å². The monoisotopic (exact) mass is 347 g/mol. The van der Waals surface area contributed by atoms with E-state index in [2.05, 4.69) is 13.8 Å². The summed E-state index contributed by atoms with van der Waals surface area (Å²) >= 11 is 0. The highest BCUT2D eigenvalue weighted by atomic mass is 16.5. The highest BCUT2D eigenvalue weighted by Crippen LogP contribution is 2.23. The average molecular weight is 348 g/mol. The van der Waals surface area contributed by atoms with Crippen molar-refractivity contribution in [1.82, 2.24) is 0 Å². The van der Waals surface area contributed by atoms with Crippen molar-refractivity contribution in [1.29, 1.82) is 0 Å². The van der Waals surface area contributed by atoms with Crippen molar-refractivity contribution in [2.45, 2.75) is 90.7 Å². The van der Waals surface area contributed by atoms with Crippen LogP contribution in [-0.4, -0.2) is 18.1 Å². The Bertz CT molecular complexity index is 460. The van der Waals surface area contributed by atoms with Crippen molar-refractivity contribution in [3.8, 4) is 0 Å². The number of esters is 1. The quantitative estimate of drug-likeness (QED) is 0.391. The summed E-state index contributed by atoms with van der Waals surface area (Å²) < 4.78 is 5.74. The Hall–Kier alpha value is -1.35. The summed E-state index contributed by atoms with van der Waals surface area (Å²) in [4.78, 5) is 12.4. The Balaban J connectivity index is 2.48. The molecule has 0 spiro atoms. The summed E-state index contributed by atoms with van der Waals surface area (Å²) in [6.07, 6.45) is 10.1. The summed E-state index contributed by atoms with van der Waals surface area (Å²) in [6, 6.07) is 9.30. The standard InChI is InChI=1S/C22H37NO2/c1-4-6-8-12-16-20(15-7-5-2)18(3)25-22(24)21(23)17-19-13-10-9-11-14-19/h9-11,13-14,18,20-21H,4-8,12,15-17,23H2,1-3H3. The smallest absolute Gasteiger partial charge is 0.323 e. The van der Waals surface area contributed by atoms with Gasteiger partial charge in [-0.3, -0.25) is 4.79 Å². The Morgan fingerprint density at radius 2 is 1.64 bits per heavy atom. The van der Waals surface area contributed by atoms with Crippen LogP contribution < -0.4 is 5.73 Å². The van der Waals surface area contributed by atoms with Crippen molar-refractivity contribution >= 4 is 5.97 Å². The first kappa shape index (κ1) is 21.7. The van der Waals surface area contributed by atoms with Gasteiger partial charge in [-0.25, -0.2) is 0 Å². The summed E-state index contributed by atoms with van der Waals surface area (Å²) in [5, 5.41) is 0. The molecule has 0 radical (unpaired) electrons. The summed E-state index contributed by atoms with van der Waals surface area (Å²) in [5.41, 5.74) is 7.13. The molecule has 0 aliphatic rings. The van der Waals surface area contributed by atoms with Gasteiger partial charge in [0.2, 0.25) is 0 Å². The summed E-state index contributed by atoms with van der Waals surface area (Å²) in [7, 11) is 0. The molecule has 1 aromatic carbocycles. The van der Waals surface area contributed by atoms with Gasteiger partial charge in [-0.15, -0.1) is 0 Å². The lowest BCUT2D eigenvalue weighted by atomic mass is 9.91. The number of hydrogen-bond donors (Lipinski definition) is 1. The molecule has 1 aromatic rings. The van der Waals surface area contributed by atoms with Crippen molar-refractivity contribution in [2.75, 3.05) is 0 Å². The highest BCUT2D eigenvalue weighted by molar-refractivity contribution is 5.76. The molecule has 2 N–H and O–H groups in total. The van der Waals surface area contributed by atoms with Crippen LogP contribution in [0.3, 0.4) is 0 Å². The second kappa shape index (κ2) is 12.9. The summed E-state index contributed by atoms with van der Waals surface area (Å²) in [5.74, 6) is 0.177. The molecule has 0 heterocycles. The van der Waals surface area contributed by atoms with E-state index in [4.69, 9.17) is 10.5 Å². The predicted octanol–water partition coefficient (Wildman–Crippen LogP) is 5.26. The minimum Gasteiger partial charge on any atom is -0.461 e. The molecule has 3 unspecified atom stereocenters. The van der Waals surface area contributed by atoms with Gasteiger partial charge in [0.1, 0.15) is 12.1 Å². The maximum Gasteiger partial charge on any atom is 0.323 e. The molecule has 142 valence electrons. The van der Waals surface area contributed by atoms with Crippen LogP contribution in [0.15, 0.2) is 30.3 Å². The van der Waals surface area contributed by atoms with Gasteiger partial charge in [-0.2, -0.15) is 0 Å². The lowest BCUT2D eigenvalue weighted by Crippen LogP contribution is -2.38. The molecular weight excluding hydrogens is 310 g/mol. The van der Waals surface area contributed by atoms with Crippen molar-refractivity contribution in [3.63, 3.8) is 0 Å². The molecular formula is C22H37NO2. The van der Waals surface area contributed by atoms with Gasteiger partial charge in [0.15, 0.2) is 0 Å². The third kappa shape index (κ3) is 9.06. The molecule has 0 aromatic heterocycles. The molecule has 0 saturated heterocycles. The van der Waals surface area contributed by atoms with Crippen LogP contribution in [0.4, 0.5) is 0 Å². The summed E-state index contributed by atoms with van der Waals surface area (Å²) in [6.45, 7) is 6.47. The van der Waals surface area contributed by atoms with Gasteiger partial charge in [-0.05, 0) is 37.7 Å². The fourth-order valence-corrected chi connectivity index (χ4v) is 3.23. The lowest BCUT2D eigenvalue weighted by molar-refractivity contribution is -0.152. The molecule has 0 fully saturated rings. The zero-order chi connectivity index (χ0) is 18.5. The number of nitrogens with two attached hydrogens (primary N) is 1. The van der Waals surface area contributed by atoms with E-state index in [9.17, 15) is 4.79 Å². The Kier molecular flexibility index (Phi) is 11.2. The molecule has 25 heavy (non-hydrogen) atoms. The molecule has 0 aliphatic carbocycles. The molecule has 3 atom stereocenters. The third-order valence-corrected chi connectivity index (χ3v) is 4.92. The van der Waals surface area contributed by atoms with Crippen LogP contribution >= 0.6 is 0 Å². The van der Waals surface area contributed by atoms with Crippen molar-refractivity contribution < 1.29 is 9.53 Å². The third-order valence-electron chi connectivity index (χ3n) is 4.92. The van der Waals surface area contributed by atoms with Crippen LogP contribution in [0.1, 0.15) is 77.7 Å². The molecule has 0 bridgehead atoms. The van der Waals surface area contributed by atoms with E-state index in [0.29, 0.717) is 12.3 Å². The number of benzene rings is 1. The van der Waals surface area contributed by atoms with Crippen LogP contribution in [0.25, 0.3) is 0 Å². The normalized spacial score (nSPS) is 14.7. The molecule has 3 heteroatoms. The first-order valence-electron chi connectivity index (χ1n) is 10.1. The zero-order valence-corrected chi connectivity index (χ0v) is 16.4. The zero-order valence-electron chi connectivity index (χ0n) is 16.4. The van der Waals surface area contributed by atoms with E-state index in [-0.39, 0.29) is 12.1 Å². The number of rotatable bonds is 13. The SMILES string of the molecule is CCCCCCC(CCCC)C(C)OC(=O)C(N)Cc1ccccc1. The van der Waals surface area contributed by atoms with Crippen molar-refractivity contribution in [2.24, 2.45) is 11.7 Å². The first-order chi connectivity index (χ1) is 12.1. The van der Waals surface area contributed by atoms with Gasteiger partial charge in [0.25, 0.3) is 0 Å². The number of ether oxygens (including phenoxy) is 1. The van der Waals surface area contributed by atoms with E-state index in [1.165, 1.54) is 38.5 Å². The molecule has 3 nitrogen and oxygen atoms in total. The van der Waals surface area contributed by atoms with Crippen LogP contribution in [0.2, 0.25) is 0 Å². The fraction of sp³-hybridized carbons (Fsp3) is 0.682. The Morgan fingerprint density at radius 1 is 1.00 bits per heavy atom. The van der Waals surface area contributed by atoms with Crippen LogP contribution in [0.5, 0.6) is 0 Å². The average Bonchev–Trinajstić information content (AvgIpc) is 2.61. The minimum atomic E-state index is -0.586. The van der Waals surface area contributed by atoms with Crippen LogP contribution in [-0.2, 0) is 16.0 Å². The highest BCUT2D eigenvalue weighted by Gasteiger charge is 2.23. The second-order valence-corrected chi connectivity index (χ2v) is 7.19. The maximum atomic E-state index is 12.4. The van der Waals surface area contributed by atoms with Gasteiger partial charge in [0.05, 0.1) is 0 Å². The van der Waals surface area contributed by atoms with E-state index >= 15 is 0 Å². The van der Waals surface area contributed by atoms with Gasteiger partial charge in [-0.1, -0.05) is 82.7 Å². The maximum absolute atomic E-state index is 12.4. The van der Waals surface area contributed by atoms with Gasteiger partial charge in [0, 0.05) is 0 Å². The van der Waals surface area contributed by atoms with E-state index in [1.807, 2.05) is 37.3 Å². The number of hydrogen-bond acceptors (Lipinski definition) is 3. The molecule has 0 amide bonds. The Labute approximate surface area is 154 Å². The van der Waals surface area contributed by atoms with E-state index < -0.39 is 6.04 Å². The van der Waals surface area contributed by atoms with Gasteiger partial charge < -0.3 is 10.5 Å². The number of carbonyl (C=O) groups is 1. The Morgan fingerprint density at radius 3 is 2.28 bits per heavy atom. The second-order valence-electron chi connectivity index (χ2n) is 7.19. The number of unbranched alkanes of at least 4 members (excludes halogenated alkanes) is 4. The predicted molar refractivity (Wildman–Crippen MR) is 105 cm³/mol. The fourth-order valence-electron chi connectivity index (χ4n) is 3.23. The number of carbonyl (C=O) groups excluding carboxylic acids is 1. The van der Waals surface area contributed by atoms with E-state index in [0.717, 1.165) is 18.4 Å².